The predicted octanol–water partition coefficient (Wildman–Crippen LogP) is 4.09. The molecule has 3 aromatic rings. The normalized spacial score (nSPS) is 11.4. The summed E-state index contributed by atoms with van der Waals surface area (Å²) in [5.74, 6) is -1.95. The van der Waals surface area contributed by atoms with Crippen LogP contribution >= 0.6 is 0 Å². The Kier molecular flexibility index (Phi) is 6.70. The maximum Gasteiger partial charge on any atom is 0.339 e. The van der Waals surface area contributed by atoms with Crippen LogP contribution in [0, 0.1) is 5.82 Å². The lowest BCUT2D eigenvalue weighted by Crippen LogP contribution is -2.31. The van der Waals surface area contributed by atoms with Crippen molar-refractivity contribution in [2.24, 2.45) is 0 Å². The number of ether oxygens (including phenoxy) is 1. The first-order valence-electron chi connectivity index (χ1n) is 9.36. The van der Waals surface area contributed by atoms with E-state index in [0.717, 1.165) is 5.56 Å². The van der Waals surface area contributed by atoms with Crippen LogP contribution in [0.2, 0.25) is 0 Å². The summed E-state index contributed by atoms with van der Waals surface area (Å²) in [6.45, 7) is 1.24. The summed E-state index contributed by atoms with van der Waals surface area (Å²) < 4.78 is 18.1. The van der Waals surface area contributed by atoms with E-state index in [2.05, 4.69) is 5.32 Å². The molecule has 0 heterocycles. The van der Waals surface area contributed by atoms with Gasteiger partial charge >= 0.3 is 5.97 Å². The summed E-state index contributed by atoms with van der Waals surface area (Å²) in [5.41, 5.74) is 1.46. The number of carbonyl (C=O) groups excluding carboxylic acids is 3. The predicted molar refractivity (Wildman–Crippen MR) is 110 cm³/mol. The first-order valence-corrected chi connectivity index (χ1v) is 9.36. The second-order valence-corrected chi connectivity index (χ2v) is 6.66. The number of benzene rings is 3. The van der Waals surface area contributed by atoms with Crippen LogP contribution in [0.1, 0.15) is 44.8 Å². The summed E-state index contributed by atoms with van der Waals surface area (Å²) in [4.78, 5) is 37.4. The van der Waals surface area contributed by atoms with E-state index >= 15 is 0 Å². The number of amides is 1. The third kappa shape index (κ3) is 5.17. The van der Waals surface area contributed by atoms with Gasteiger partial charge < -0.3 is 10.1 Å². The number of rotatable bonds is 7. The summed E-state index contributed by atoms with van der Waals surface area (Å²) in [6.07, 6.45) is 0. The molecule has 0 radical (unpaired) electrons. The van der Waals surface area contributed by atoms with Gasteiger partial charge in [0.15, 0.2) is 12.4 Å². The Morgan fingerprint density at radius 2 is 1.47 bits per heavy atom. The number of hydrogen-bond acceptors (Lipinski definition) is 4. The zero-order chi connectivity index (χ0) is 21.5. The van der Waals surface area contributed by atoms with Gasteiger partial charge in [0.05, 0.1) is 11.6 Å². The fourth-order valence-corrected chi connectivity index (χ4v) is 2.93. The largest absolute Gasteiger partial charge is 0.452 e. The van der Waals surface area contributed by atoms with Crippen molar-refractivity contribution in [1.29, 1.82) is 0 Å². The van der Waals surface area contributed by atoms with Gasteiger partial charge in [-0.25, -0.2) is 9.18 Å². The first kappa shape index (κ1) is 20.9. The Balaban J connectivity index is 1.63. The molecule has 0 unspecified atom stereocenters. The molecule has 1 N–H and O–H groups in total. The zero-order valence-corrected chi connectivity index (χ0v) is 16.3. The second-order valence-electron chi connectivity index (χ2n) is 6.66. The molecule has 6 heteroatoms. The molecule has 0 aliphatic rings. The van der Waals surface area contributed by atoms with Crippen LogP contribution < -0.4 is 5.32 Å². The Hall–Kier alpha value is -3.80. The van der Waals surface area contributed by atoms with Crippen LogP contribution in [0.4, 0.5) is 4.39 Å². The molecule has 0 saturated carbocycles. The van der Waals surface area contributed by atoms with Gasteiger partial charge in [-0.2, -0.15) is 0 Å². The van der Waals surface area contributed by atoms with Crippen molar-refractivity contribution in [3.05, 3.63) is 107 Å². The molecule has 0 aromatic heterocycles. The number of esters is 1. The van der Waals surface area contributed by atoms with Crippen LogP contribution in [-0.4, -0.2) is 24.3 Å². The van der Waals surface area contributed by atoms with Gasteiger partial charge in [0.1, 0.15) is 5.82 Å². The lowest BCUT2D eigenvalue weighted by molar-refractivity contribution is -0.124. The molecule has 152 valence electrons. The fourth-order valence-electron chi connectivity index (χ4n) is 2.93. The van der Waals surface area contributed by atoms with Crippen LogP contribution in [-0.2, 0) is 9.53 Å². The van der Waals surface area contributed by atoms with E-state index in [0.29, 0.717) is 5.56 Å². The minimum Gasteiger partial charge on any atom is -0.452 e. The minimum absolute atomic E-state index is 0.0886. The SMILES string of the molecule is C[C@H](NC(=O)COC(=O)c1ccccc1C(=O)c1ccccc1)c1ccc(F)cc1. The van der Waals surface area contributed by atoms with E-state index in [9.17, 15) is 18.8 Å². The maximum absolute atomic E-state index is 13.0. The molecule has 1 amide bonds. The summed E-state index contributed by atoms with van der Waals surface area (Å²) >= 11 is 0. The van der Waals surface area contributed by atoms with E-state index in [1.165, 1.54) is 18.2 Å². The van der Waals surface area contributed by atoms with Gasteiger partial charge in [0.25, 0.3) is 5.91 Å². The first-order chi connectivity index (χ1) is 14.5. The highest BCUT2D eigenvalue weighted by Crippen LogP contribution is 2.16. The Morgan fingerprint density at radius 3 is 2.13 bits per heavy atom. The molecule has 3 rings (SSSR count). The minimum atomic E-state index is -0.764. The summed E-state index contributed by atoms with van der Waals surface area (Å²) in [6, 6.07) is 20.3. The van der Waals surface area contributed by atoms with Crippen molar-refractivity contribution in [3.63, 3.8) is 0 Å². The second kappa shape index (κ2) is 9.60. The number of hydrogen-bond donors (Lipinski definition) is 1. The molecular formula is C24H20FNO4. The van der Waals surface area contributed by atoms with Crippen LogP contribution in [0.5, 0.6) is 0 Å². The van der Waals surface area contributed by atoms with Gasteiger partial charge in [-0.15, -0.1) is 0 Å². The lowest BCUT2D eigenvalue weighted by Gasteiger charge is -2.15. The van der Waals surface area contributed by atoms with E-state index < -0.39 is 18.5 Å². The quantitative estimate of drug-likeness (QED) is 0.475. The third-order valence-corrected chi connectivity index (χ3v) is 4.51. The van der Waals surface area contributed by atoms with Gasteiger partial charge in [0.2, 0.25) is 0 Å². The van der Waals surface area contributed by atoms with Crippen LogP contribution in [0.15, 0.2) is 78.9 Å². The average molecular weight is 405 g/mol. The van der Waals surface area contributed by atoms with Crippen molar-refractivity contribution >= 4 is 17.7 Å². The maximum atomic E-state index is 13.0. The molecule has 0 fully saturated rings. The standard InChI is InChI=1S/C24H20FNO4/c1-16(17-11-13-19(25)14-12-17)26-22(27)15-30-24(29)21-10-6-5-9-20(21)23(28)18-7-3-2-4-8-18/h2-14,16H,15H2,1H3,(H,26,27)/t16-/m0/s1. The Morgan fingerprint density at radius 1 is 0.867 bits per heavy atom. The van der Waals surface area contributed by atoms with Gasteiger partial charge in [-0.05, 0) is 30.7 Å². The van der Waals surface area contributed by atoms with Gasteiger partial charge in [0, 0.05) is 11.1 Å². The van der Waals surface area contributed by atoms with E-state index in [1.54, 1.807) is 67.6 Å². The fraction of sp³-hybridized carbons (Fsp3) is 0.125. The topological polar surface area (TPSA) is 72.5 Å². The molecule has 3 aromatic carbocycles. The number of ketones is 1. The molecule has 0 aliphatic heterocycles. The molecule has 1 atom stereocenters. The highest BCUT2D eigenvalue weighted by molar-refractivity contribution is 6.14. The van der Waals surface area contributed by atoms with Crippen molar-refractivity contribution in [2.45, 2.75) is 13.0 Å². The lowest BCUT2D eigenvalue weighted by atomic mass is 9.98. The average Bonchev–Trinajstić information content (AvgIpc) is 2.78. The van der Waals surface area contributed by atoms with Gasteiger partial charge in [-0.3, -0.25) is 9.59 Å². The number of carbonyl (C=O) groups is 3. The monoisotopic (exact) mass is 405 g/mol. The van der Waals surface area contributed by atoms with Crippen molar-refractivity contribution in [2.75, 3.05) is 6.61 Å². The Bertz CT molecular complexity index is 1050. The summed E-state index contributed by atoms with van der Waals surface area (Å²) in [7, 11) is 0. The molecule has 0 spiro atoms. The number of halogens is 1. The van der Waals surface area contributed by atoms with Crippen molar-refractivity contribution in [3.8, 4) is 0 Å². The molecule has 5 nitrogen and oxygen atoms in total. The Labute approximate surface area is 173 Å². The third-order valence-electron chi connectivity index (χ3n) is 4.51. The molecule has 0 aliphatic carbocycles. The number of nitrogens with one attached hydrogen (secondary N) is 1. The summed E-state index contributed by atoms with van der Waals surface area (Å²) in [5, 5.41) is 2.68. The van der Waals surface area contributed by atoms with Crippen molar-refractivity contribution < 1.29 is 23.5 Å². The van der Waals surface area contributed by atoms with Gasteiger partial charge in [-0.1, -0.05) is 60.7 Å². The molecular weight excluding hydrogens is 385 g/mol. The van der Waals surface area contributed by atoms with Crippen LogP contribution in [0.25, 0.3) is 0 Å². The molecule has 0 saturated heterocycles. The van der Waals surface area contributed by atoms with E-state index in [4.69, 9.17) is 4.74 Å². The van der Waals surface area contributed by atoms with Crippen molar-refractivity contribution in [1.82, 2.24) is 5.32 Å². The molecule has 30 heavy (non-hydrogen) atoms. The zero-order valence-electron chi connectivity index (χ0n) is 16.3. The van der Waals surface area contributed by atoms with Crippen LogP contribution in [0.3, 0.4) is 0 Å². The molecule has 0 bridgehead atoms. The highest BCUT2D eigenvalue weighted by atomic mass is 19.1. The highest BCUT2D eigenvalue weighted by Gasteiger charge is 2.20. The smallest absolute Gasteiger partial charge is 0.339 e. The van der Waals surface area contributed by atoms with E-state index in [-0.39, 0.29) is 28.8 Å². The van der Waals surface area contributed by atoms with E-state index in [1.807, 2.05) is 0 Å².